The van der Waals surface area contributed by atoms with Gasteiger partial charge in [-0.15, -0.1) is 0 Å². The van der Waals surface area contributed by atoms with Crippen LogP contribution in [0, 0.1) is 5.92 Å². The summed E-state index contributed by atoms with van der Waals surface area (Å²) < 4.78 is 32.8. The van der Waals surface area contributed by atoms with Crippen molar-refractivity contribution in [3.63, 3.8) is 0 Å². The number of fused-ring (bicyclic) bond motifs is 1. The molecule has 35 heavy (non-hydrogen) atoms. The molecule has 5 rings (SSSR count). The van der Waals surface area contributed by atoms with E-state index in [9.17, 15) is 18.3 Å². The van der Waals surface area contributed by atoms with Gasteiger partial charge in [0.2, 0.25) is 5.95 Å². The first-order chi connectivity index (χ1) is 16.6. The highest BCUT2D eigenvalue weighted by Crippen LogP contribution is 2.34. The largest absolute Gasteiger partial charge is 0.490 e. The number of carbonyl (C=O) groups is 1. The molecule has 1 saturated carbocycles. The van der Waals surface area contributed by atoms with Crippen molar-refractivity contribution in [3.05, 3.63) is 58.6 Å². The molecule has 0 atom stereocenters. The Morgan fingerprint density at radius 2 is 1.77 bits per heavy atom. The van der Waals surface area contributed by atoms with Crippen LogP contribution in [0.15, 0.2) is 53.0 Å². The van der Waals surface area contributed by atoms with Crippen LogP contribution in [0.4, 0.5) is 24.9 Å². The fourth-order valence-electron chi connectivity index (χ4n) is 4.05. The van der Waals surface area contributed by atoms with E-state index in [0.29, 0.717) is 11.8 Å². The molecular weight excluding hydrogens is 529 g/mol. The molecule has 7 nitrogen and oxygen atoms in total. The molecule has 186 valence electrons. The topological polar surface area (TPSA) is 98.6 Å². The Bertz CT molecular complexity index is 1180. The molecule has 1 aliphatic heterocycles. The first kappa shape index (κ1) is 25.2. The Morgan fingerprint density at radius 3 is 2.37 bits per heavy atom. The van der Waals surface area contributed by atoms with E-state index >= 15 is 0 Å². The summed E-state index contributed by atoms with van der Waals surface area (Å²) in [7, 11) is 0. The number of aliphatic hydroxyl groups is 1. The molecule has 2 fully saturated rings. The summed E-state index contributed by atoms with van der Waals surface area (Å²) in [5.41, 5.74) is 2.33. The van der Waals surface area contributed by atoms with E-state index in [1.807, 2.05) is 12.1 Å². The maximum atomic E-state index is 10.6. The minimum Gasteiger partial charge on any atom is -0.475 e. The predicted octanol–water partition coefficient (Wildman–Crippen LogP) is 4.81. The molecule has 0 bridgehead atoms. The van der Waals surface area contributed by atoms with Gasteiger partial charge in [0.25, 0.3) is 0 Å². The minimum absolute atomic E-state index is 0.130. The Hall–Kier alpha value is -2.92. The summed E-state index contributed by atoms with van der Waals surface area (Å²) in [6.07, 6.45) is -3.47. The van der Waals surface area contributed by atoms with E-state index in [2.05, 4.69) is 62.5 Å². The van der Waals surface area contributed by atoms with Gasteiger partial charge in [-0.05, 0) is 42.5 Å². The number of halogens is 4. The third-order valence-electron chi connectivity index (χ3n) is 6.09. The number of hydrogen-bond donors (Lipinski definition) is 3. The molecule has 11 heteroatoms. The lowest BCUT2D eigenvalue weighted by Gasteiger charge is -2.39. The van der Waals surface area contributed by atoms with E-state index < -0.39 is 12.1 Å². The van der Waals surface area contributed by atoms with Crippen LogP contribution in [0.5, 0.6) is 0 Å². The van der Waals surface area contributed by atoms with Crippen molar-refractivity contribution in [2.45, 2.75) is 31.0 Å². The van der Waals surface area contributed by atoms with Gasteiger partial charge in [-0.3, -0.25) is 0 Å². The van der Waals surface area contributed by atoms with Crippen molar-refractivity contribution < 1.29 is 28.2 Å². The third kappa shape index (κ3) is 6.21. The van der Waals surface area contributed by atoms with Crippen molar-refractivity contribution in [1.29, 1.82) is 0 Å². The van der Waals surface area contributed by atoms with Gasteiger partial charge in [0, 0.05) is 35.4 Å². The average molecular weight is 553 g/mol. The molecule has 2 aromatic carbocycles. The lowest BCUT2D eigenvalue weighted by molar-refractivity contribution is -0.192. The van der Waals surface area contributed by atoms with Gasteiger partial charge in [-0.2, -0.15) is 18.2 Å². The van der Waals surface area contributed by atoms with E-state index in [-0.39, 0.29) is 6.10 Å². The highest BCUT2D eigenvalue weighted by molar-refractivity contribution is 9.10. The first-order valence-corrected chi connectivity index (χ1v) is 11.9. The van der Waals surface area contributed by atoms with Crippen LogP contribution in [0.2, 0.25) is 0 Å². The summed E-state index contributed by atoms with van der Waals surface area (Å²) in [5, 5.41) is 21.2. The number of rotatable bonds is 5. The van der Waals surface area contributed by atoms with Gasteiger partial charge in [0.1, 0.15) is 5.82 Å². The predicted molar refractivity (Wildman–Crippen MR) is 130 cm³/mol. The normalized spacial score (nSPS) is 19.9. The van der Waals surface area contributed by atoms with Crippen LogP contribution in [-0.2, 0) is 4.79 Å². The van der Waals surface area contributed by atoms with Gasteiger partial charge >= 0.3 is 12.1 Å². The van der Waals surface area contributed by atoms with E-state index in [1.165, 1.54) is 5.56 Å². The Balaban J connectivity index is 0.000000364. The van der Waals surface area contributed by atoms with E-state index in [4.69, 9.17) is 19.9 Å². The number of carboxylic acid groups (broad SMARTS) is 1. The number of hydrogen-bond acceptors (Lipinski definition) is 6. The molecule has 0 radical (unpaired) electrons. The van der Waals surface area contributed by atoms with Crippen LogP contribution >= 0.6 is 15.9 Å². The monoisotopic (exact) mass is 552 g/mol. The zero-order valence-electron chi connectivity index (χ0n) is 18.5. The van der Waals surface area contributed by atoms with Crippen LogP contribution in [0.25, 0.3) is 10.9 Å². The highest BCUT2D eigenvalue weighted by atomic mass is 79.9. The lowest BCUT2D eigenvalue weighted by atomic mass is 9.82. The van der Waals surface area contributed by atoms with Crippen LogP contribution in [-0.4, -0.2) is 58.1 Å². The smallest absolute Gasteiger partial charge is 0.475 e. The zero-order valence-corrected chi connectivity index (χ0v) is 20.1. The number of aliphatic carboxylic acids is 1. The Kier molecular flexibility index (Phi) is 7.46. The molecule has 1 saturated heterocycles. The molecule has 2 heterocycles. The van der Waals surface area contributed by atoms with Gasteiger partial charge in [-0.1, -0.05) is 46.3 Å². The SMILES string of the molecule is O=C(O)C(F)(F)F.OC1CC(CNc2nc(N3CC(c4ccccc4)C3)nc3ccc(Br)cc23)C1. The van der Waals surface area contributed by atoms with E-state index in [0.717, 1.165) is 59.6 Å². The van der Waals surface area contributed by atoms with Crippen LogP contribution in [0.1, 0.15) is 24.3 Å². The number of alkyl halides is 3. The van der Waals surface area contributed by atoms with Crippen molar-refractivity contribution in [2.24, 2.45) is 5.92 Å². The molecule has 3 N–H and O–H groups in total. The number of aliphatic hydroxyl groups excluding tert-OH is 1. The fraction of sp³-hybridized carbons (Fsp3) is 0.375. The summed E-state index contributed by atoms with van der Waals surface area (Å²) in [4.78, 5) is 20.8. The number of anilines is 2. The maximum absolute atomic E-state index is 10.6. The quantitative estimate of drug-likeness (QED) is 0.417. The Labute approximate surface area is 208 Å². The van der Waals surface area contributed by atoms with Gasteiger partial charge in [0.05, 0.1) is 11.6 Å². The van der Waals surface area contributed by atoms with Gasteiger partial charge in [0.15, 0.2) is 0 Å². The third-order valence-corrected chi connectivity index (χ3v) is 6.59. The minimum atomic E-state index is -5.08. The van der Waals surface area contributed by atoms with Crippen molar-refractivity contribution in [1.82, 2.24) is 9.97 Å². The van der Waals surface area contributed by atoms with Crippen molar-refractivity contribution in [2.75, 3.05) is 29.9 Å². The molecule has 3 aromatic rings. The average Bonchev–Trinajstić information content (AvgIpc) is 2.75. The van der Waals surface area contributed by atoms with Gasteiger partial charge < -0.3 is 20.4 Å². The highest BCUT2D eigenvalue weighted by Gasteiger charge is 2.38. The molecular formula is C24H24BrF3N4O3. The van der Waals surface area contributed by atoms with Crippen molar-refractivity contribution in [3.8, 4) is 0 Å². The summed E-state index contributed by atoms with van der Waals surface area (Å²) in [5.74, 6) is -0.0307. The second-order valence-corrected chi connectivity index (χ2v) is 9.64. The van der Waals surface area contributed by atoms with Crippen LogP contribution in [0.3, 0.4) is 0 Å². The number of nitrogens with zero attached hydrogens (tertiary/aromatic N) is 3. The molecule has 1 aliphatic carbocycles. The first-order valence-electron chi connectivity index (χ1n) is 11.1. The second-order valence-electron chi connectivity index (χ2n) is 8.72. The molecule has 0 amide bonds. The summed E-state index contributed by atoms with van der Waals surface area (Å²) in [6, 6.07) is 16.8. The maximum Gasteiger partial charge on any atom is 0.490 e. The standard InChI is InChI=1S/C22H23BrN4O.C2HF3O2/c23-17-6-7-20-19(10-17)21(24-11-14-8-18(28)9-14)26-22(25-20)27-12-16(13-27)15-4-2-1-3-5-15;3-2(4,5)1(6)7/h1-7,10,14,16,18,28H,8-9,11-13H2,(H,24,25,26);(H,6,7). The van der Waals surface area contributed by atoms with E-state index in [1.54, 1.807) is 0 Å². The number of nitrogens with one attached hydrogen (secondary N) is 1. The Morgan fingerprint density at radius 1 is 1.11 bits per heavy atom. The summed E-state index contributed by atoms with van der Waals surface area (Å²) >= 11 is 3.56. The summed E-state index contributed by atoms with van der Waals surface area (Å²) in [6.45, 7) is 2.72. The zero-order chi connectivity index (χ0) is 25.2. The fourth-order valence-corrected chi connectivity index (χ4v) is 4.41. The molecule has 0 unspecified atom stereocenters. The van der Waals surface area contributed by atoms with Crippen LogP contribution < -0.4 is 10.2 Å². The van der Waals surface area contributed by atoms with Gasteiger partial charge in [-0.25, -0.2) is 9.78 Å². The number of carboxylic acids is 1. The molecule has 1 aromatic heterocycles. The second kappa shape index (κ2) is 10.4. The molecule has 0 spiro atoms. The molecule has 2 aliphatic rings. The van der Waals surface area contributed by atoms with Crippen molar-refractivity contribution >= 4 is 44.6 Å². The lowest BCUT2D eigenvalue weighted by Crippen LogP contribution is -2.46. The number of benzene rings is 2. The number of aromatic nitrogens is 2.